The molecule has 0 unspecified atom stereocenters. The lowest BCUT2D eigenvalue weighted by molar-refractivity contribution is 0.153. The van der Waals surface area contributed by atoms with Crippen LogP contribution in [0.15, 0.2) is 35.3 Å². The molecule has 7 nitrogen and oxygen atoms in total. The Bertz CT molecular complexity index is 945. The second-order valence-electron chi connectivity index (χ2n) is 13.4. The van der Waals surface area contributed by atoms with Crippen LogP contribution in [0.3, 0.4) is 0 Å². The summed E-state index contributed by atoms with van der Waals surface area (Å²) >= 11 is 0. The monoisotopic (exact) mass is 551 g/mol. The summed E-state index contributed by atoms with van der Waals surface area (Å²) in [5.41, 5.74) is 7.79. The number of aliphatic imine (C=N–C) groups is 1. The van der Waals surface area contributed by atoms with Gasteiger partial charge in [0.05, 0.1) is 12.6 Å². The van der Waals surface area contributed by atoms with Crippen molar-refractivity contribution in [2.45, 2.75) is 110 Å². The predicted molar refractivity (Wildman–Crippen MR) is 169 cm³/mol. The fourth-order valence-corrected chi connectivity index (χ4v) is 7.17. The van der Waals surface area contributed by atoms with E-state index in [1.54, 1.807) is 0 Å². The number of nitrogens with one attached hydrogen (secondary N) is 1. The van der Waals surface area contributed by atoms with Crippen LogP contribution in [0, 0.1) is 17.2 Å². The first-order valence-corrected chi connectivity index (χ1v) is 16.2. The van der Waals surface area contributed by atoms with Gasteiger partial charge in [-0.05, 0) is 68.9 Å². The largest absolute Gasteiger partial charge is 0.370 e. The van der Waals surface area contributed by atoms with Crippen LogP contribution >= 0.6 is 0 Å². The molecular weight excluding hydrogens is 494 g/mol. The second-order valence-corrected chi connectivity index (χ2v) is 13.4. The topological polar surface area (TPSA) is 75.2 Å². The van der Waals surface area contributed by atoms with Crippen LogP contribution in [-0.2, 0) is 6.42 Å². The Kier molecular flexibility index (Phi) is 11.2. The van der Waals surface area contributed by atoms with Crippen molar-refractivity contribution >= 4 is 11.9 Å². The fourth-order valence-electron chi connectivity index (χ4n) is 7.17. The first-order chi connectivity index (χ1) is 19.3. The van der Waals surface area contributed by atoms with Crippen molar-refractivity contribution in [2.75, 3.05) is 39.3 Å². The molecule has 224 valence electrons. The third kappa shape index (κ3) is 7.92. The van der Waals surface area contributed by atoms with Crippen LogP contribution in [0.2, 0.25) is 0 Å². The number of likely N-dealkylation sites (tertiary alicyclic amines) is 1. The van der Waals surface area contributed by atoms with Crippen LogP contribution < -0.4 is 5.73 Å². The molecule has 0 spiro atoms. The van der Waals surface area contributed by atoms with Gasteiger partial charge >= 0.3 is 0 Å². The molecule has 0 bridgehead atoms. The number of hydrogen-bond donors (Lipinski definition) is 2. The van der Waals surface area contributed by atoms with Crippen molar-refractivity contribution < 1.29 is 0 Å². The van der Waals surface area contributed by atoms with Gasteiger partial charge in [-0.3, -0.25) is 15.3 Å². The van der Waals surface area contributed by atoms with E-state index in [0.29, 0.717) is 36.0 Å². The molecule has 3 N–H and O–H groups in total. The quantitative estimate of drug-likeness (QED) is 0.311. The molecule has 2 saturated heterocycles. The Morgan fingerprint density at radius 1 is 1.02 bits per heavy atom. The van der Waals surface area contributed by atoms with E-state index in [4.69, 9.17) is 5.73 Å². The van der Waals surface area contributed by atoms with Gasteiger partial charge in [0.1, 0.15) is 0 Å². The number of guanidine groups is 2. The predicted octanol–water partition coefficient (Wildman–Crippen LogP) is 5.26. The number of rotatable bonds is 15. The highest BCUT2D eigenvalue weighted by Gasteiger charge is 2.40. The molecular formula is C33H57N7. The van der Waals surface area contributed by atoms with Gasteiger partial charge in [-0.15, -0.1) is 0 Å². The van der Waals surface area contributed by atoms with Gasteiger partial charge in [0.25, 0.3) is 0 Å². The Balaban J connectivity index is 1.50. The van der Waals surface area contributed by atoms with Gasteiger partial charge in [-0.1, -0.05) is 71.4 Å². The van der Waals surface area contributed by atoms with Gasteiger partial charge < -0.3 is 20.4 Å². The van der Waals surface area contributed by atoms with Crippen molar-refractivity contribution in [1.82, 2.24) is 19.6 Å². The maximum atomic E-state index is 9.37. The minimum atomic E-state index is 0.293. The Hall–Kier alpha value is -2.28. The lowest BCUT2D eigenvalue weighted by Crippen LogP contribution is -2.52. The van der Waals surface area contributed by atoms with Crippen molar-refractivity contribution in [3.63, 3.8) is 0 Å². The number of nitrogens with zero attached hydrogens (tertiary/aromatic N) is 5. The molecule has 3 aliphatic rings. The molecule has 4 atom stereocenters. The van der Waals surface area contributed by atoms with Crippen LogP contribution in [0.5, 0.6) is 0 Å². The van der Waals surface area contributed by atoms with E-state index in [1.165, 1.54) is 37.7 Å². The van der Waals surface area contributed by atoms with Crippen molar-refractivity contribution in [1.29, 1.82) is 5.41 Å². The summed E-state index contributed by atoms with van der Waals surface area (Å²) < 4.78 is 0. The molecule has 1 aromatic carbocycles. The molecule has 0 aliphatic carbocycles. The summed E-state index contributed by atoms with van der Waals surface area (Å²) in [7, 11) is 0. The van der Waals surface area contributed by atoms with Gasteiger partial charge in [0.15, 0.2) is 11.9 Å². The number of nitrogens with two attached hydrogens (primary N) is 1. The standard InChI is InChI=1S/C33H57N7/c1-6-12-29-24-40(33(35)38(29)18-10-13-25(2)3)31(20-27-14-8-7-9-15-27)22-37-17-11-16-28(37)23-39-30(19-26(4)5)21-36-32(39)34/h7-9,14-15,25-26,28-31,35H,6,10-13,16-24H2,1-5H3,(H2,34,36)/t28-,29+,30+,31+/m0/s1. The lowest BCUT2D eigenvalue weighted by atomic mass is 10.0. The van der Waals surface area contributed by atoms with E-state index in [9.17, 15) is 5.41 Å². The van der Waals surface area contributed by atoms with Crippen LogP contribution in [0.25, 0.3) is 0 Å². The first-order valence-electron chi connectivity index (χ1n) is 16.2. The molecule has 3 heterocycles. The average molecular weight is 552 g/mol. The molecule has 0 amide bonds. The van der Waals surface area contributed by atoms with E-state index in [1.807, 2.05) is 0 Å². The highest BCUT2D eigenvalue weighted by molar-refractivity contribution is 5.80. The summed E-state index contributed by atoms with van der Waals surface area (Å²) in [6.45, 7) is 17.4. The zero-order valence-electron chi connectivity index (χ0n) is 26.1. The minimum Gasteiger partial charge on any atom is -0.370 e. The minimum absolute atomic E-state index is 0.293. The van der Waals surface area contributed by atoms with E-state index < -0.39 is 0 Å². The van der Waals surface area contributed by atoms with Crippen molar-refractivity contribution in [3.8, 4) is 0 Å². The van der Waals surface area contributed by atoms with Gasteiger partial charge in [0, 0.05) is 44.3 Å². The first kappa shape index (κ1) is 30.7. The van der Waals surface area contributed by atoms with Crippen LogP contribution in [0.1, 0.15) is 85.1 Å². The summed E-state index contributed by atoms with van der Waals surface area (Å²) in [4.78, 5) is 14.7. The van der Waals surface area contributed by atoms with Crippen molar-refractivity contribution in [2.24, 2.45) is 22.6 Å². The molecule has 0 saturated carbocycles. The molecule has 4 rings (SSSR count). The summed E-state index contributed by atoms with van der Waals surface area (Å²) in [6, 6.07) is 12.6. The maximum absolute atomic E-state index is 9.37. The highest BCUT2D eigenvalue weighted by atomic mass is 15.5. The normalized spacial score (nSPS) is 24.7. The summed E-state index contributed by atoms with van der Waals surface area (Å²) in [5.74, 6) is 2.85. The summed E-state index contributed by atoms with van der Waals surface area (Å²) in [5, 5.41) is 9.37. The smallest absolute Gasteiger partial charge is 0.194 e. The van der Waals surface area contributed by atoms with E-state index in [2.05, 4.69) is 89.5 Å². The SMILES string of the molecule is CCC[C@@H]1CN([C@H](Cc2ccccc2)CN2CCC[C@H]2CN2C(N)=NC[C@H]2CC(C)C)C(=N)N1CCCC(C)C. The Labute approximate surface area is 244 Å². The molecule has 0 radical (unpaired) electrons. The third-order valence-corrected chi connectivity index (χ3v) is 9.24. The zero-order chi connectivity index (χ0) is 28.6. The van der Waals surface area contributed by atoms with Crippen LogP contribution in [-0.4, -0.2) is 95.0 Å². The number of hydrogen-bond acceptors (Lipinski definition) is 5. The fraction of sp³-hybridized carbons (Fsp3) is 0.758. The second kappa shape index (κ2) is 14.6. The zero-order valence-corrected chi connectivity index (χ0v) is 26.1. The molecule has 7 heteroatoms. The van der Waals surface area contributed by atoms with E-state index >= 15 is 0 Å². The van der Waals surface area contributed by atoms with Crippen LogP contribution in [0.4, 0.5) is 0 Å². The Morgan fingerprint density at radius 2 is 1.80 bits per heavy atom. The highest BCUT2D eigenvalue weighted by Crippen LogP contribution is 2.28. The third-order valence-electron chi connectivity index (χ3n) is 9.24. The molecule has 0 aromatic heterocycles. The molecule has 3 aliphatic heterocycles. The lowest BCUT2D eigenvalue weighted by Gasteiger charge is -2.37. The van der Waals surface area contributed by atoms with Gasteiger partial charge in [-0.25, -0.2) is 0 Å². The van der Waals surface area contributed by atoms with E-state index in [-0.39, 0.29) is 0 Å². The molecule has 40 heavy (non-hydrogen) atoms. The van der Waals surface area contributed by atoms with Gasteiger partial charge in [0.2, 0.25) is 0 Å². The molecule has 2 fully saturated rings. The Morgan fingerprint density at radius 3 is 2.50 bits per heavy atom. The summed E-state index contributed by atoms with van der Waals surface area (Å²) in [6.07, 6.45) is 9.30. The molecule has 1 aromatic rings. The van der Waals surface area contributed by atoms with E-state index in [0.717, 1.165) is 70.5 Å². The average Bonchev–Trinajstić information content (AvgIpc) is 3.58. The number of benzene rings is 1. The van der Waals surface area contributed by atoms with Crippen molar-refractivity contribution in [3.05, 3.63) is 35.9 Å². The maximum Gasteiger partial charge on any atom is 0.194 e. The van der Waals surface area contributed by atoms with Gasteiger partial charge in [-0.2, -0.15) is 0 Å².